The van der Waals surface area contributed by atoms with Crippen LogP contribution >= 0.6 is 0 Å². The Hall–Kier alpha value is -1.55. The first kappa shape index (κ1) is 11.0. The lowest BCUT2D eigenvalue weighted by atomic mass is 10.3. The van der Waals surface area contributed by atoms with Crippen molar-refractivity contribution in [1.82, 2.24) is 4.98 Å². The van der Waals surface area contributed by atoms with Crippen molar-refractivity contribution >= 4 is 11.5 Å². The van der Waals surface area contributed by atoms with Crippen LogP contribution < -0.4 is 10.2 Å². The predicted octanol–water partition coefficient (Wildman–Crippen LogP) is 1.86. The summed E-state index contributed by atoms with van der Waals surface area (Å²) in [6.07, 6.45) is 4.54. The Morgan fingerprint density at radius 2 is 2.31 bits per heavy atom. The van der Waals surface area contributed by atoms with Crippen molar-refractivity contribution in [2.45, 2.75) is 6.42 Å². The van der Waals surface area contributed by atoms with Crippen LogP contribution in [0.3, 0.4) is 0 Å². The van der Waals surface area contributed by atoms with Gasteiger partial charge in [0.25, 0.3) is 0 Å². The summed E-state index contributed by atoms with van der Waals surface area (Å²) < 4.78 is 5.41. The van der Waals surface area contributed by atoms with Gasteiger partial charge in [0.1, 0.15) is 5.82 Å². The van der Waals surface area contributed by atoms with Gasteiger partial charge in [0.2, 0.25) is 0 Å². The number of nitrogens with one attached hydrogen (secondary N) is 1. The minimum atomic E-state index is 0.786. The number of anilines is 2. The number of rotatable bonds is 3. The smallest absolute Gasteiger partial charge is 0.128 e. The summed E-state index contributed by atoms with van der Waals surface area (Å²) in [6, 6.07) is 4.03. The molecule has 1 saturated heterocycles. The molecule has 2 rings (SSSR count). The number of pyridine rings is 1. The molecule has 2 heterocycles. The van der Waals surface area contributed by atoms with Crippen molar-refractivity contribution in [3.63, 3.8) is 0 Å². The molecule has 0 unspecified atom stereocenters. The molecule has 0 aliphatic carbocycles. The molecule has 86 valence electrons. The second-order valence-electron chi connectivity index (χ2n) is 3.71. The summed E-state index contributed by atoms with van der Waals surface area (Å²) in [7, 11) is 0. The van der Waals surface area contributed by atoms with Crippen molar-refractivity contribution < 1.29 is 4.74 Å². The third-order valence-corrected chi connectivity index (χ3v) is 2.56. The normalized spacial score (nSPS) is 16.6. The fourth-order valence-corrected chi connectivity index (χ4v) is 1.75. The van der Waals surface area contributed by atoms with E-state index >= 15 is 0 Å². The Labute approximate surface area is 95.9 Å². The van der Waals surface area contributed by atoms with Crippen LogP contribution in [0.4, 0.5) is 11.5 Å². The monoisotopic (exact) mass is 219 g/mol. The number of nitrogens with zero attached hydrogens (tertiary/aromatic N) is 2. The van der Waals surface area contributed by atoms with Crippen molar-refractivity contribution in [3.8, 4) is 0 Å². The molecule has 1 fully saturated rings. The van der Waals surface area contributed by atoms with Crippen molar-refractivity contribution in [2.75, 3.05) is 36.5 Å². The largest absolute Gasteiger partial charge is 0.380 e. The number of ether oxygens (including phenoxy) is 1. The second-order valence-corrected chi connectivity index (χ2v) is 3.71. The van der Waals surface area contributed by atoms with E-state index in [1.54, 1.807) is 6.20 Å². The summed E-state index contributed by atoms with van der Waals surface area (Å²) in [5.41, 5.74) is 0.963. The molecular weight excluding hydrogens is 202 g/mol. The topological polar surface area (TPSA) is 37.4 Å². The lowest BCUT2D eigenvalue weighted by Crippen LogP contribution is -2.26. The highest BCUT2D eigenvalue weighted by molar-refractivity contribution is 5.49. The average Bonchev–Trinajstić information content (AvgIpc) is 2.59. The number of hydrogen-bond acceptors (Lipinski definition) is 4. The van der Waals surface area contributed by atoms with Gasteiger partial charge in [-0.1, -0.05) is 6.58 Å². The molecule has 4 nitrogen and oxygen atoms in total. The number of aromatic nitrogens is 1. The zero-order chi connectivity index (χ0) is 11.2. The second kappa shape index (κ2) is 5.51. The summed E-state index contributed by atoms with van der Waals surface area (Å²) in [5, 5.41) is 3.01. The first-order valence-electron chi connectivity index (χ1n) is 5.56. The van der Waals surface area contributed by atoms with Gasteiger partial charge in [-0.25, -0.2) is 4.98 Å². The molecule has 0 bridgehead atoms. The van der Waals surface area contributed by atoms with Gasteiger partial charge < -0.3 is 15.0 Å². The van der Waals surface area contributed by atoms with Gasteiger partial charge in [0.15, 0.2) is 0 Å². The summed E-state index contributed by atoms with van der Waals surface area (Å²) >= 11 is 0. The third kappa shape index (κ3) is 2.73. The van der Waals surface area contributed by atoms with Crippen LogP contribution in [0.15, 0.2) is 31.1 Å². The van der Waals surface area contributed by atoms with E-state index in [1.807, 2.05) is 18.3 Å². The van der Waals surface area contributed by atoms with Gasteiger partial charge in [0.05, 0.1) is 18.5 Å². The molecule has 0 spiro atoms. The highest BCUT2D eigenvalue weighted by Gasteiger charge is 2.10. The van der Waals surface area contributed by atoms with E-state index in [4.69, 9.17) is 4.74 Å². The zero-order valence-corrected chi connectivity index (χ0v) is 9.35. The maximum absolute atomic E-state index is 5.41. The van der Waals surface area contributed by atoms with Gasteiger partial charge in [-0.2, -0.15) is 0 Å². The van der Waals surface area contributed by atoms with Crippen LogP contribution in [0.25, 0.3) is 0 Å². The molecule has 1 aliphatic rings. The first-order valence-corrected chi connectivity index (χ1v) is 5.56. The van der Waals surface area contributed by atoms with Crippen molar-refractivity contribution in [1.29, 1.82) is 0 Å². The maximum Gasteiger partial charge on any atom is 0.128 e. The van der Waals surface area contributed by atoms with E-state index in [9.17, 15) is 0 Å². The van der Waals surface area contributed by atoms with E-state index in [0.717, 1.165) is 44.2 Å². The predicted molar refractivity (Wildman–Crippen MR) is 65.7 cm³/mol. The minimum absolute atomic E-state index is 0.786. The highest BCUT2D eigenvalue weighted by atomic mass is 16.5. The summed E-state index contributed by atoms with van der Waals surface area (Å²) in [6.45, 7) is 7.19. The van der Waals surface area contributed by atoms with Gasteiger partial charge in [-0.15, -0.1) is 0 Å². The molecule has 1 aromatic heterocycles. The molecule has 16 heavy (non-hydrogen) atoms. The summed E-state index contributed by atoms with van der Waals surface area (Å²) in [5.74, 6) is 1.01. The van der Waals surface area contributed by atoms with Gasteiger partial charge in [0, 0.05) is 19.7 Å². The lowest BCUT2D eigenvalue weighted by molar-refractivity contribution is 0.152. The van der Waals surface area contributed by atoms with Gasteiger partial charge in [-0.05, 0) is 24.8 Å². The molecule has 0 saturated carbocycles. The fraction of sp³-hybridized carbons (Fsp3) is 0.417. The Balaban J connectivity index is 2.04. The summed E-state index contributed by atoms with van der Waals surface area (Å²) in [4.78, 5) is 6.68. The zero-order valence-electron chi connectivity index (χ0n) is 9.35. The molecule has 4 heteroatoms. The van der Waals surface area contributed by atoms with Crippen molar-refractivity contribution in [3.05, 3.63) is 31.1 Å². The molecule has 0 aromatic carbocycles. The van der Waals surface area contributed by atoms with E-state index in [0.29, 0.717) is 0 Å². The lowest BCUT2D eigenvalue weighted by Gasteiger charge is -2.20. The molecular formula is C12H17N3O. The van der Waals surface area contributed by atoms with Gasteiger partial charge in [-0.3, -0.25) is 0 Å². The van der Waals surface area contributed by atoms with Crippen molar-refractivity contribution in [2.24, 2.45) is 0 Å². The quantitative estimate of drug-likeness (QED) is 0.842. The minimum Gasteiger partial charge on any atom is -0.380 e. The Morgan fingerprint density at radius 3 is 3.06 bits per heavy atom. The molecule has 1 N–H and O–H groups in total. The Morgan fingerprint density at radius 1 is 1.38 bits per heavy atom. The standard InChI is InChI=1S/C12H17N3O/c1-2-13-11-4-5-12(14-10-11)15-6-3-8-16-9-7-15/h2,4-5,10,13H,1,3,6-9H2. The highest BCUT2D eigenvalue weighted by Crippen LogP contribution is 2.15. The van der Waals surface area contributed by atoms with E-state index < -0.39 is 0 Å². The SMILES string of the molecule is C=CNc1ccc(N2CCCOCC2)nc1. The van der Waals surface area contributed by atoms with Crippen LogP contribution in [0.2, 0.25) is 0 Å². The van der Waals surface area contributed by atoms with E-state index in [-0.39, 0.29) is 0 Å². The van der Waals surface area contributed by atoms with E-state index in [2.05, 4.69) is 21.8 Å². The molecule has 0 radical (unpaired) electrons. The maximum atomic E-state index is 5.41. The van der Waals surface area contributed by atoms with Gasteiger partial charge >= 0.3 is 0 Å². The van der Waals surface area contributed by atoms with Crippen LogP contribution in [0, 0.1) is 0 Å². The van der Waals surface area contributed by atoms with Crippen LogP contribution in [0.5, 0.6) is 0 Å². The molecule has 0 amide bonds. The van der Waals surface area contributed by atoms with E-state index in [1.165, 1.54) is 0 Å². The Kier molecular flexibility index (Phi) is 3.77. The van der Waals surface area contributed by atoms with Crippen LogP contribution in [-0.2, 0) is 4.74 Å². The molecule has 0 atom stereocenters. The third-order valence-electron chi connectivity index (χ3n) is 2.56. The fourth-order valence-electron chi connectivity index (χ4n) is 1.75. The number of hydrogen-bond donors (Lipinski definition) is 1. The molecule has 1 aromatic rings. The Bertz CT molecular complexity index is 329. The van der Waals surface area contributed by atoms with Crippen LogP contribution in [0.1, 0.15) is 6.42 Å². The molecule has 1 aliphatic heterocycles. The average molecular weight is 219 g/mol. The first-order chi connectivity index (χ1) is 7.90. The van der Waals surface area contributed by atoms with Crippen LogP contribution in [-0.4, -0.2) is 31.3 Å².